The second kappa shape index (κ2) is 3.88. The quantitative estimate of drug-likeness (QED) is 0.779. The van der Waals surface area contributed by atoms with Crippen molar-refractivity contribution in [2.24, 2.45) is 0 Å². The number of hydrogen-bond acceptors (Lipinski definition) is 4. The van der Waals surface area contributed by atoms with Crippen LogP contribution in [0.3, 0.4) is 0 Å². The lowest BCUT2D eigenvalue weighted by Crippen LogP contribution is -1.92. The summed E-state index contributed by atoms with van der Waals surface area (Å²) in [5, 5.41) is 3.30. The van der Waals surface area contributed by atoms with Crippen LogP contribution in [-0.4, -0.2) is 13.6 Å². The van der Waals surface area contributed by atoms with Gasteiger partial charge in [-0.25, -0.2) is 12.8 Å². The van der Waals surface area contributed by atoms with Crippen LogP contribution in [-0.2, 0) is 9.05 Å². The van der Waals surface area contributed by atoms with Crippen molar-refractivity contribution in [2.45, 2.75) is 4.90 Å². The highest BCUT2D eigenvalue weighted by molar-refractivity contribution is 8.13. The topological polar surface area (TPSA) is 60.2 Å². The van der Waals surface area contributed by atoms with Crippen molar-refractivity contribution in [3.63, 3.8) is 0 Å². The maximum absolute atomic E-state index is 13.4. The minimum Gasteiger partial charge on any atom is -0.355 e. The molecule has 0 aliphatic rings. The van der Waals surface area contributed by atoms with Gasteiger partial charge in [-0.05, 0) is 12.1 Å². The van der Waals surface area contributed by atoms with Gasteiger partial charge in [0.15, 0.2) is 10.7 Å². The SMILES string of the molecule is O=S(=O)(Cl)c1cnoc1-c1ccccc1F. The van der Waals surface area contributed by atoms with E-state index in [1.807, 2.05) is 0 Å². The molecule has 0 aliphatic heterocycles. The van der Waals surface area contributed by atoms with Gasteiger partial charge in [-0.1, -0.05) is 17.3 Å². The zero-order chi connectivity index (χ0) is 11.8. The van der Waals surface area contributed by atoms with Crippen LogP contribution in [0.15, 0.2) is 39.9 Å². The molecule has 2 rings (SSSR count). The van der Waals surface area contributed by atoms with E-state index in [2.05, 4.69) is 5.16 Å². The molecule has 0 fully saturated rings. The second-order valence-corrected chi connectivity index (χ2v) is 5.47. The first-order valence-electron chi connectivity index (χ1n) is 4.14. The predicted molar refractivity (Wildman–Crippen MR) is 54.9 cm³/mol. The average molecular weight is 262 g/mol. The van der Waals surface area contributed by atoms with Crippen molar-refractivity contribution in [3.8, 4) is 11.3 Å². The van der Waals surface area contributed by atoms with Gasteiger partial charge in [0, 0.05) is 10.7 Å². The summed E-state index contributed by atoms with van der Waals surface area (Å²) < 4.78 is 40.4. The molecule has 0 atom stereocenters. The van der Waals surface area contributed by atoms with Gasteiger partial charge in [-0.2, -0.15) is 0 Å². The summed E-state index contributed by atoms with van der Waals surface area (Å²) in [5.41, 5.74) is -0.000718. The van der Waals surface area contributed by atoms with Gasteiger partial charge in [-0.3, -0.25) is 0 Å². The van der Waals surface area contributed by atoms with Crippen molar-refractivity contribution in [3.05, 3.63) is 36.3 Å². The molecule has 0 unspecified atom stereocenters. The standard InChI is InChI=1S/C9H5ClFNO3S/c10-16(13,14)8-5-12-15-9(8)6-3-1-2-4-7(6)11/h1-5H. The molecule has 1 aromatic carbocycles. The molecule has 0 spiro atoms. The number of aromatic nitrogens is 1. The fourth-order valence-corrected chi connectivity index (χ4v) is 2.10. The molecule has 84 valence electrons. The Morgan fingerprint density at radius 1 is 1.31 bits per heavy atom. The molecule has 0 saturated carbocycles. The Balaban J connectivity index is 2.68. The zero-order valence-corrected chi connectivity index (χ0v) is 9.30. The number of rotatable bonds is 2. The Labute approximate surface area is 95.1 Å². The number of hydrogen-bond donors (Lipinski definition) is 0. The predicted octanol–water partition coefficient (Wildman–Crippen LogP) is 2.41. The molecule has 0 saturated heterocycles. The van der Waals surface area contributed by atoms with Gasteiger partial charge >= 0.3 is 0 Å². The van der Waals surface area contributed by atoms with Crippen molar-refractivity contribution < 1.29 is 17.3 Å². The first kappa shape index (κ1) is 11.1. The lowest BCUT2D eigenvalue weighted by molar-refractivity contribution is 0.428. The molecule has 7 heteroatoms. The summed E-state index contributed by atoms with van der Waals surface area (Å²) in [4.78, 5) is -0.348. The number of benzene rings is 1. The molecule has 0 aliphatic carbocycles. The zero-order valence-electron chi connectivity index (χ0n) is 7.72. The first-order valence-corrected chi connectivity index (χ1v) is 6.45. The molecule has 2 aromatic rings. The molecular formula is C9H5ClFNO3S. The van der Waals surface area contributed by atoms with Gasteiger partial charge in [0.2, 0.25) is 0 Å². The van der Waals surface area contributed by atoms with E-state index in [1.54, 1.807) is 6.07 Å². The van der Waals surface area contributed by atoms with Crippen LogP contribution in [0.25, 0.3) is 11.3 Å². The summed E-state index contributed by atoms with van der Waals surface area (Å²) in [6.07, 6.45) is 0.935. The van der Waals surface area contributed by atoms with E-state index in [-0.39, 0.29) is 16.2 Å². The van der Waals surface area contributed by atoms with Crippen LogP contribution in [0.5, 0.6) is 0 Å². The fourth-order valence-electron chi connectivity index (χ4n) is 1.23. The molecule has 1 aromatic heterocycles. The molecule has 4 nitrogen and oxygen atoms in total. The largest absolute Gasteiger partial charge is 0.355 e. The van der Waals surface area contributed by atoms with Crippen molar-refractivity contribution in [1.29, 1.82) is 0 Å². The maximum Gasteiger partial charge on any atom is 0.266 e. The third-order valence-electron chi connectivity index (χ3n) is 1.92. The Morgan fingerprint density at radius 2 is 2.00 bits per heavy atom. The first-order chi connectivity index (χ1) is 7.50. The smallest absolute Gasteiger partial charge is 0.266 e. The molecule has 16 heavy (non-hydrogen) atoms. The Kier molecular flexibility index (Phi) is 2.69. The molecular weight excluding hydrogens is 257 g/mol. The lowest BCUT2D eigenvalue weighted by Gasteiger charge is -1.99. The van der Waals surface area contributed by atoms with Crippen LogP contribution < -0.4 is 0 Å². The fraction of sp³-hybridized carbons (Fsp3) is 0. The Morgan fingerprint density at radius 3 is 2.62 bits per heavy atom. The van der Waals surface area contributed by atoms with E-state index >= 15 is 0 Å². The summed E-state index contributed by atoms with van der Waals surface area (Å²) in [5.74, 6) is -0.811. The van der Waals surface area contributed by atoms with Crippen molar-refractivity contribution >= 4 is 19.7 Å². The minimum absolute atomic E-state index is 0.000718. The normalized spacial score (nSPS) is 11.6. The van der Waals surface area contributed by atoms with Gasteiger partial charge in [0.1, 0.15) is 5.82 Å². The lowest BCUT2D eigenvalue weighted by atomic mass is 10.1. The van der Waals surface area contributed by atoms with Gasteiger partial charge in [0.05, 0.1) is 11.8 Å². The highest BCUT2D eigenvalue weighted by atomic mass is 35.7. The average Bonchev–Trinajstić information content (AvgIpc) is 2.66. The van der Waals surface area contributed by atoms with Gasteiger partial charge in [-0.15, -0.1) is 0 Å². The monoisotopic (exact) mass is 261 g/mol. The van der Waals surface area contributed by atoms with Crippen molar-refractivity contribution in [2.75, 3.05) is 0 Å². The van der Waals surface area contributed by atoms with Crippen molar-refractivity contribution in [1.82, 2.24) is 5.16 Å². The maximum atomic E-state index is 13.4. The minimum atomic E-state index is -4.01. The van der Waals surface area contributed by atoms with Crippen LogP contribution in [0, 0.1) is 5.82 Å². The summed E-state index contributed by atoms with van der Waals surface area (Å²) in [6, 6.07) is 5.58. The molecule has 0 N–H and O–H groups in total. The highest BCUT2D eigenvalue weighted by Crippen LogP contribution is 2.30. The van der Waals surface area contributed by atoms with E-state index in [9.17, 15) is 12.8 Å². The molecule has 0 bridgehead atoms. The van der Waals surface area contributed by atoms with Crippen LogP contribution >= 0.6 is 10.7 Å². The Hall–Kier alpha value is -1.40. The van der Waals surface area contributed by atoms with Crippen LogP contribution in [0.4, 0.5) is 4.39 Å². The van der Waals surface area contributed by atoms with Gasteiger partial charge < -0.3 is 4.52 Å². The van der Waals surface area contributed by atoms with Crippen LogP contribution in [0.1, 0.15) is 0 Å². The molecule has 1 heterocycles. The molecule has 0 radical (unpaired) electrons. The number of nitrogens with zero attached hydrogens (tertiary/aromatic N) is 1. The summed E-state index contributed by atoms with van der Waals surface area (Å²) >= 11 is 0. The molecule has 0 amide bonds. The summed E-state index contributed by atoms with van der Waals surface area (Å²) in [6.45, 7) is 0. The third-order valence-corrected chi connectivity index (χ3v) is 3.23. The highest BCUT2D eigenvalue weighted by Gasteiger charge is 2.23. The van der Waals surface area contributed by atoms with E-state index in [0.29, 0.717) is 0 Å². The second-order valence-electron chi connectivity index (χ2n) is 2.94. The van der Waals surface area contributed by atoms with E-state index in [0.717, 1.165) is 6.20 Å². The van der Waals surface area contributed by atoms with E-state index in [4.69, 9.17) is 15.2 Å². The van der Waals surface area contributed by atoms with Crippen LogP contribution in [0.2, 0.25) is 0 Å². The van der Waals surface area contributed by atoms with Gasteiger partial charge in [0.25, 0.3) is 9.05 Å². The van der Waals surface area contributed by atoms with E-state index < -0.39 is 14.9 Å². The number of halogens is 2. The third kappa shape index (κ3) is 1.94. The summed E-state index contributed by atoms with van der Waals surface area (Å²) in [7, 11) is 1.15. The van der Waals surface area contributed by atoms with E-state index in [1.165, 1.54) is 18.2 Å². The Bertz CT molecular complexity index is 623.